The maximum absolute atomic E-state index is 6.62. The molecule has 0 amide bonds. The Labute approximate surface area is 154 Å². The van der Waals surface area contributed by atoms with Crippen molar-refractivity contribution in [3.63, 3.8) is 0 Å². The van der Waals surface area contributed by atoms with Crippen molar-refractivity contribution in [1.82, 2.24) is 24.9 Å². The van der Waals surface area contributed by atoms with Gasteiger partial charge < -0.3 is 20.4 Å². The summed E-state index contributed by atoms with van der Waals surface area (Å²) in [6, 6.07) is 0.822. The lowest BCUT2D eigenvalue weighted by molar-refractivity contribution is -0.393. The van der Waals surface area contributed by atoms with Crippen LogP contribution in [0.4, 0.5) is 5.82 Å². The number of aromatic nitrogens is 5. The molecular formula is C17H19ClN7O+. The molecule has 8 nitrogen and oxygen atoms in total. The molecule has 2 fully saturated rings. The Kier molecular flexibility index (Phi) is 3.51. The Morgan fingerprint density at radius 3 is 2.69 bits per heavy atom. The molecule has 26 heavy (non-hydrogen) atoms. The summed E-state index contributed by atoms with van der Waals surface area (Å²) in [6.07, 6.45) is 5.41. The van der Waals surface area contributed by atoms with E-state index in [1.165, 1.54) is 6.33 Å². The summed E-state index contributed by atoms with van der Waals surface area (Å²) < 4.78 is 5.78. The quantitative estimate of drug-likeness (QED) is 0.717. The minimum Gasteiger partial charge on any atom is -0.421 e. The lowest BCUT2D eigenvalue weighted by atomic mass is 10.2. The highest BCUT2D eigenvalue weighted by molar-refractivity contribution is 6.37. The number of aromatic amines is 1. The minimum absolute atomic E-state index is 0.259. The number of aryl methyl sites for hydroxylation is 1. The smallest absolute Gasteiger partial charge is 0.326 e. The molecule has 3 aromatic rings. The fourth-order valence-electron chi connectivity index (χ4n) is 3.85. The van der Waals surface area contributed by atoms with Crippen LogP contribution in [0, 0.1) is 11.8 Å². The third-order valence-electron chi connectivity index (χ3n) is 5.39. The second kappa shape index (κ2) is 5.78. The van der Waals surface area contributed by atoms with Crippen molar-refractivity contribution in [3.8, 4) is 11.8 Å². The van der Waals surface area contributed by atoms with Crippen molar-refractivity contribution in [2.45, 2.75) is 19.4 Å². The maximum atomic E-state index is 6.62. The van der Waals surface area contributed by atoms with E-state index < -0.39 is 0 Å². The van der Waals surface area contributed by atoms with Gasteiger partial charge in [-0.25, -0.2) is 9.97 Å². The second-order valence-electron chi connectivity index (χ2n) is 6.90. The first-order chi connectivity index (χ1) is 12.7. The fraction of sp³-hybridized carbons (Fsp3) is 0.412. The molecule has 4 N–H and O–H groups in total. The van der Waals surface area contributed by atoms with Crippen LogP contribution in [-0.2, 0) is 6.42 Å². The third-order valence-corrected chi connectivity index (χ3v) is 5.81. The first-order valence-electron chi connectivity index (χ1n) is 8.74. The number of fused-ring (bicyclic) bond motifs is 2. The molecule has 4 heterocycles. The van der Waals surface area contributed by atoms with Crippen LogP contribution < -0.4 is 15.4 Å². The van der Waals surface area contributed by atoms with Gasteiger partial charge in [-0.05, 0) is 6.42 Å². The molecule has 3 aromatic heterocycles. The van der Waals surface area contributed by atoms with Crippen molar-refractivity contribution < 1.29 is 10.5 Å². The molecule has 134 valence electrons. The minimum atomic E-state index is 0.259. The molecule has 1 saturated carbocycles. The highest BCUT2D eigenvalue weighted by atomic mass is 35.5. The van der Waals surface area contributed by atoms with Crippen LogP contribution in [0.25, 0.3) is 11.0 Å². The zero-order valence-corrected chi connectivity index (χ0v) is 15.1. The fourth-order valence-corrected chi connectivity index (χ4v) is 4.21. The Bertz CT molecular complexity index is 964. The van der Waals surface area contributed by atoms with E-state index in [1.807, 2.05) is 0 Å². The largest absolute Gasteiger partial charge is 0.421 e. The van der Waals surface area contributed by atoms with E-state index in [4.69, 9.17) is 16.3 Å². The molecule has 1 aliphatic heterocycles. The number of nitrogens with zero attached hydrogens (tertiary/aromatic N) is 5. The molecule has 1 aliphatic carbocycles. The number of hydrogen-bond donors (Lipinski definition) is 2. The second-order valence-corrected chi connectivity index (χ2v) is 7.28. The van der Waals surface area contributed by atoms with Gasteiger partial charge in [0.05, 0.1) is 28.8 Å². The topological polar surface area (TPSA) is 107 Å². The predicted octanol–water partition coefficient (Wildman–Crippen LogP) is 1.43. The molecule has 1 unspecified atom stereocenters. The molecule has 9 heteroatoms. The first kappa shape index (κ1) is 15.8. The molecule has 0 aromatic carbocycles. The summed E-state index contributed by atoms with van der Waals surface area (Å²) in [7, 11) is 0. The van der Waals surface area contributed by atoms with Gasteiger partial charge >= 0.3 is 6.01 Å². The number of piperidine rings is 1. The summed E-state index contributed by atoms with van der Waals surface area (Å²) in [6.45, 7) is 3.95. The van der Waals surface area contributed by atoms with Crippen LogP contribution in [0.3, 0.4) is 0 Å². The standard InChI is InChI=1S/C17H18ClN7O/c1-2-11-13(18)12-15(22-11)23-17(26-8-3-20-7-21-4-8)24-16(12)25-5-9-10(6-25)14(9)19/h3-4,7,9-10,14H,2,5-6,19H2,1H3,(H,22,23,24)/p+1/t9-,10+,14?. The summed E-state index contributed by atoms with van der Waals surface area (Å²) >= 11 is 6.62. The highest BCUT2D eigenvalue weighted by Gasteiger charge is 2.57. The Morgan fingerprint density at radius 1 is 1.27 bits per heavy atom. The Balaban J connectivity index is 1.59. The van der Waals surface area contributed by atoms with Gasteiger partial charge in [0.1, 0.15) is 17.8 Å². The highest BCUT2D eigenvalue weighted by Crippen LogP contribution is 2.46. The Hall–Kier alpha value is -2.45. The van der Waals surface area contributed by atoms with Crippen molar-refractivity contribution in [2.24, 2.45) is 11.8 Å². The van der Waals surface area contributed by atoms with E-state index in [2.05, 4.69) is 42.5 Å². The van der Waals surface area contributed by atoms with Crippen LogP contribution in [0.1, 0.15) is 12.6 Å². The molecule has 0 spiro atoms. The van der Waals surface area contributed by atoms with E-state index >= 15 is 0 Å². The van der Waals surface area contributed by atoms with Crippen molar-refractivity contribution in [3.05, 3.63) is 29.4 Å². The number of H-pyrrole nitrogens is 1. The molecule has 2 aliphatic rings. The van der Waals surface area contributed by atoms with Gasteiger partial charge in [-0.1, -0.05) is 18.5 Å². The number of ether oxygens (including phenoxy) is 1. The number of hydrogen-bond acceptors (Lipinski definition) is 6. The van der Waals surface area contributed by atoms with E-state index in [0.29, 0.717) is 34.3 Å². The number of rotatable bonds is 4. The summed E-state index contributed by atoms with van der Waals surface area (Å²) in [5, 5.41) is 1.56. The number of quaternary nitrogens is 1. The van der Waals surface area contributed by atoms with Crippen molar-refractivity contribution in [1.29, 1.82) is 0 Å². The van der Waals surface area contributed by atoms with Crippen LogP contribution in [0.15, 0.2) is 18.7 Å². The molecule has 0 radical (unpaired) electrons. The van der Waals surface area contributed by atoms with Gasteiger partial charge in [0.25, 0.3) is 0 Å². The van der Waals surface area contributed by atoms with E-state index in [0.717, 1.165) is 36.4 Å². The monoisotopic (exact) mass is 372 g/mol. The summed E-state index contributed by atoms with van der Waals surface area (Å²) in [4.78, 5) is 22.7. The molecule has 3 atom stereocenters. The van der Waals surface area contributed by atoms with E-state index in [1.54, 1.807) is 12.4 Å². The Morgan fingerprint density at radius 2 is 2.00 bits per heavy atom. The van der Waals surface area contributed by atoms with Gasteiger partial charge in [-0.15, -0.1) is 0 Å². The average molecular weight is 373 g/mol. The van der Waals surface area contributed by atoms with Gasteiger partial charge in [-0.2, -0.15) is 9.97 Å². The molecule has 0 bridgehead atoms. The summed E-state index contributed by atoms with van der Waals surface area (Å²) in [5.74, 6) is 2.61. The zero-order valence-electron chi connectivity index (χ0n) is 14.3. The first-order valence-corrected chi connectivity index (χ1v) is 9.12. The van der Waals surface area contributed by atoms with Crippen molar-refractivity contribution >= 4 is 28.5 Å². The zero-order chi connectivity index (χ0) is 17.8. The average Bonchev–Trinajstić information content (AvgIpc) is 3.02. The third kappa shape index (κ3) is 2.40. The lowest BCUT2D eigenvalue weighted by Gasteiger charge is -2.21. The van der Waals surface area contributed by atoms with Crippen LogP contribution in [-0.4, -0.2) is 44.1 Å². The SMILES string of the molecule is CCc1[nH]c2nc(Oc3cncnc3)nc(N3C[C@@H]4C([NH3+])[C@@H]4C3)c2c1Cl. The number of halogens is 1. The summed E-state index contributed by atoms with van der Waals surface area (Å²) in [5.41, 5.74) is 5.85. The number of anilines is 1. The van der Waals surface area contributed by atoms with E-state index in [-0.39, 0.29) is 6.01 Å². The van der Waals surface area contributed by atoms with Crippen molar-refractivity contribution in [2.75, 3.05) is 18.0 Å². The predicted molar refractivity (Wildman–Crippen MR) is 96.3 cm³/mol. The molecular weight excluding hydrogens is 354 g/mol. The lowest BCUT2D eigenvalue weighted by Crippen LogP contribution is -2.56. The van der Waals surface area contributed by atoms with Gasteiger partial charge in [0.15, 0.2) is 5.75 Å². The maximum Gasteiger partial charge on any atom is 0.326 e. The number of nitrogens with one attached hydrogen (secondary N) is 1. The van der Waals surface area contributed by atoms with E-state index in [9.17, 15) is 0 Å². The molecule has 1 saturated heterocycles. The van der Waals surface area contributed by atoms with Crippen LogP contribution in [0.5, 0.6) is 11.8 Å². The van der Waals surface area contributed by atoms with Crippen LogP contribution >= 0.6 is 11.6 Å². The van der Waals surface area contributed by atoms with Gasteiger partial charge in [0, 0.05) is 30.6 Å². The normalized spacial score (nSPS) is 24.1. The van der Waals surface area contributed by atoms with Gasteiger partial charge in [-0.3, -0.25) is 0 Å². The van der Waals surface area contributed by atoms with Crippen LogP contribution in [0.2, 0.25) is 5.02 Å². The molecule has 5 rings (SSSR count). The van der Waals surface area contributed by atoms with Gasteiger partial charge in [0.2, 0.25) is 0 Å².